The summed E-state index contributed by atoms with van der Waals surface area (Å²) in [6.45, 7) is 1.79. The molecule has 5 heteroatoms. The van der Waals surface area contributed by atoms with Crippen molar-refractivity contribution in [1.82, 2.24) is 10.2 Å². The Balaban J connectivity index is 1.33. The molecule has 0 bridgehead atoms. The van der Waals surface area contributed by atoms with Crippen LogP contribution in [0.2, 0.25) is 0 Å². The molecule has 140 valence electrons. The molecule has 26 heavy (non-hydrogen) atoms. The second-order valence-electron chi connectivity index (χ2n) is 7.86. The summed E-state index contributed by atoms with van der Waals surface area (Å²) >= 11 is 0. The zero-order chi connectivity index (χ0) is 18.0. The minimum atomic E-state index is -0.351. The Kier molecular flexibility index (Phi) is 4.98. The van der Waals surface area contributed by atoms with Gasteiger partial charge in [-0.2, -0.15) is 0 Å². The summed E-state index contributed by atoms with van der Waals surface area (Å²) in [5.41, 5.74) is 2.21. The number of aryl methyl sites for hydroxylation is 1. The van der Waals surface area contributed by atoms with Crippen LogP contribution in [0, 0.1) is 0 Å². The number of carbonyl (C=O) groups excluding carboxylic acids is 2. The van der Waals surface area contributed by atoms with E-state index in [1.165, 1.54) is 24.0 Å². The minimum Gasteiger partial charge on any atom is -0.367 e. The second-order valence-corrected chi connectivity index (χ2v) is 7.86. The number of morpholine rings is 1. The van der Waals surface area contributed by atoms with E-state index in [9.17, 15) is 9.59 Å². The van der Waals surface area contributed by atoms with Gasteiger partial charge in [-0.3, -0.25) is 9.59 Å². The fraction of sp³-hybridized carbons (Fsp3) is 0.619. The van der Waals surface area contributed by atoms with Crippen LogP contribution in [-0.2, 0) is 26.3 Å². The van der Waals surface area contributed by atoms with Crippen molar-refractivity contribution in [2.24, 2.45) is 0 Å². The number of carbonyl (C=O) groups is 2. The van der Waals surface area contributed by atoms with Crippen molar-refractivity contribution in [1.29, 1.82) is 0 Å². The Morgan fingerprint density at radius 1 is 1.19 bits per heavy atom. The third kappa shape index (κ3) is 3.50. The van der Waals surface area contributed by atoms with Crippen molar-refractivity contribution in [2.75, 3.05) is 19.7 Å². The number of fused-ring (bicyclic) bond motifs is 2. The van der Waals surface area contributed by atoms with Gasteiger partial charge in [0.15, 0.2) is 0 Å². The second kappa shape index (κ2) is 7.39. The summed E-state index contributed by atoms with van der Waals surface area (Å²) < 4.78 is 6.17. The number of rotatable bonds is 4. The van der Waals surface area contributed by atoms with Gasteiger partial charge in [-0.05, 0) is 36.8 Å². The van der Waals surface area contributed by atoms with E-state index in [4.69, 9.17) is 4.74 Å². The van der Waals surface area contributed by atoms with E-state index in [1.807, 2.05) is 11.0 Å². The molecule has 0 aromatic heterocycles. The van der Waals surface area contributed by atoms with Crippen LogP contribution in [0.1, 0.15) is 56.1 Å². The van der Waals surface area contributed by atoms with E-state index in [2.05, 4.69) is 23.5 Å². The molecule has 1 spiro atoms. The largest absolute Gasteiger partial charge is 0.367 e. The van der Waals surface area contributed by atoms with E-state index in [1.54, 1.807) is 0 Å². The summed E-state index contributed by atoms with van der Waals surface area (Å²) in [5, 5.41) is 3.06. The highest BCUT2D eigenvalue weighted by Gasteiger charge is 2.44. The first-order valence-corrected chi connectivity index (χ1v) is 9.96. The zero-order valence-corrected chi connectivity index (χ0v) is 15.3. The zero-order valence-electron chi connectivity index (χ0n) is 15.3. The van der Waals surface area contributed by atoms with Crippen molar-refractivity contribution in [2.45, 2.75) is 63.0 Å². The molecule has 1 aromatic rings. The lowest BCUT2D eigenvalue weighted by Crippen LogP contribution is -2.51. The number of hydrogen-bond donors (Lipinski definition) is 1. The highest BCUT2D eigenvalue weighted by Crippen LogP contribution is 2.42. The standard InChI is InChI=1S/C21H28N2O3/c24-19(22-17-6-2-3-7-17)9-10-20(25)23-13-14-26-21(15-23)12-11-16-5-1-4-8-18(16)21/h1,4-5,8,17H,2-3,6-7,9-15H2,(H,22,24). The first-order chi connectivity index (χ1) is 12.7. The molecule has 1 heterocycles. The normalized spacial score (nSPS) is 25.5. The van der Waals surface area contributed by atoms with Crippen molar-refractivity contribution in [3.63, 3.8) is 0 Å². The average molecular weight is 356 g/mol. The maximum Gasteiger partial charge on any atom is 0.223 e. The van der Waals surface area contributed by atoms with Gasteiger partial charge in [0.05, 0.1) is 13.2 Å². The molecule has 4 rings (SSSR count). The van der Waals surface area contributed by atoms with Crippen LogP contribution in [0.4, 0.5) is 0 Å². The Morgan fingerprint density at radius 2 is 2.00 bits per heavy atom. The van der Waals surface area contributed by atoms with Crippen LogP contribution in [0.3, 0.4) is 0 Å². The van der Waals surface area contributed by atoms with Gasteiger partial charge in [0.2, 0.25) is 11.8 Å². The first kappa shape index (κ1) is 17.5. The van der Waals surface area contributed by atoms with Gasteiger partial charge in [-0.1, -0.05) is 37.1 Å². The molecule has 5 nitrogen and oxygen atoms in total. The van der Waals surface area contributed by atoms with E-state index >= 15 is 0 Å². The van der Waals surface area contributed by atoms with Crippen LogP contribution in [-0.4, -0.2) is 42.5 Å². The van der Waals surface area contributed by atoms with Gasteiger partial charge < -0.3 is 15.0 Å². The Bertz CT molecular complexity index is 680. The molecule has 0 radical (unpaired) electrons. The maximum absolute atomic E-state index is 12.7. The smallest absolute Gasteiger partial charge is 0.223 e. The molecule has 3 aliphatic rings. The van der Waals surface area contributed by atoms with Crippen LogP contribution in [0.5, 0.6) is 0 Å². The number of ether oxygens (including phenoxy) is 1. The van der Waals surface area contributed by atoms with E-state index in [0.29, 0.717) is 25.7 Å². The molecule has 1 saturated heterocycles. The number of nitrogens with one attached hydrogen (secondary N) is 1. The van der Waals surface area contributed by atoms with E-state index in [-0.39, 0.29) is 30.3 Å². The van der Waals surface area contributed by atoms with Crippen LogP contribution >= 0.6 is 0 Å². The van der Waals surface area contributed by atoms with Gasteiger partial charge in [0, 0.05) is 25.4 Å². The van der Waals surface area contributed by atoms with Crippen LogP contribution < -0.4 is 5.32 Å². The van der Waals surface area contributed by atoms with Gasteiger partial charge >= 0.3 is 0 Å². The summed E-state index contributed by atoms with van der Waals surface area (Å²) in [5.74, 6) is 0.0815. The lowest BCUT2D eigenvalue weighted by atomic mass is 9.93. The molecule has 1 aromatic carbocycles. The highest BCUT2D eigenvalue weighted by molar-refractivity contribution is 5.84. The predicted octanol–water partition coefficient (Wildman–Crippen LogP) is 2.53. The Hall–Kier alpha value is -1.88. The van der Waals surface area contributed by atoms with Gasteiger partial charge in [-0.15, -0.1) is 0 Å². The van der Waals surface area contributed by atoms with Gasteiger partial charge in [0.25, 0.3) is 0 Å². The summed E-state index contributed by atoms with van der Waals surface area (Å²) in [7, 11) is 0. The molecule has 2 fully saturated rings. The van der Waals surface area contributed by atoms with Crippen molar-refractivity contribution >= 4 is 11.8 Å². The van der Waals surface area contributed by atoms with Crippen LogP contribution in [0.15, 0.2) is 24.3 Å². The van der Waals surface area contributed by atoms with Crippen molar-refractivity contribution in [3.8, 4) is 0 Å². The van der Waals surface area contributed by atoms with Crippen molar-refractivity contribution < 1.29 is 14.3 Å². The molecule has 2 amide bonds. The molecule has 1 N–H and O–H groups in total. The van der Waals surface area contributed by atoms with Crippen molar-refractivity contribution in [3.05, 3.63) is 35.4 Å². The summed E-state index contributed by atoms with van der Waals surface area (Å²) in [4.78, 5) is 26.7. The molecular weight excluding hydrogens is 328 g/mol. The fourth-order valence-corrected chi connectivity index (χ4v) is 4.71. The third-order valence-electron chi connectivity index (χ3n) is 6.13. The quantitative estimate of drug-likeness (QED) is 0.902. The van der Waals surface area contributed by atoms with Gasteiger partial charge in [-0.25, -0.2) is 0 Å². The maximum atomic E-state index is 12.7. The summed E-state index contributed by atoms with van der Waals surface area (Å²) in [6, 6.07) is 8.71. The molecule has 1 saturated carbocycles. The Labute approximate surface area is 155 Å². The topological polar surface area (TPSA) is 58.6 Å². The SMILES string of the molecule is O=C(CCC(=O)N1CCOC2(CCc3ccccc32)C1)NC1CCCC1. The van der Waals surface area contributed by atoms with E-state index < -0.39 is 0 Å². The summed E-state index contributed by atoms with van der Waals surface area (Å²) in [6.07, 6.45) is 7.05. The average Bonchev–Trinajstić information content (AvgIpc) is 3.29. The van der Waals surface area contributed by atoms with E-state index in [0.717, 1.165) is 25.7 Å². The Morgan fingerprint density at radius 3 is 2.85 bits per heavy atom. The highest BCUT2D eigenvalue weighted by atomic mass is 16.5. The molecule has 1 aliphatic heterocycles. The number of nitrogens with zero attached hydrogens (tertiary/aromatic N) is 1. The first-order valence-electron chi connectivity index (χ1n) is 9.96. The predicted molar refractivity (Wildman–Crippen MR) is 98.6 cm³/mol. The molecule has 2 aliphatic carbocycles. The number of benzene rings is 1. The van der Waals surface area contributed by atoms with Gasteiger partial charge in [0.1, 0.15) is 5.60 Å². The fourth-order valence-electron chi connectivity index (χ4n) is 4.71. The number of hydrogen-bond acceptors (Lipinski definition) is 3. The molecular formula is C21H28N2O3. The lowest BCUT2D eigenvalue weighted by Gasteiger charge is -2.41. The lowest BCUT2D eigenvalue weighted by molar-refractivity contribution is -0.153. The molecule has 1 unspecified atom stereocenters. The molecule has 1 atom stereocenters. The minimum absolute atomic E-state index is 0.0134. The number of amides is 2. The van der Waals surface area contributed by atoms with Crippen LogP contribution in [0.25, 0.3) is 0 Å². The monoisotopic (exact) mass is 356 g/mol. The third-order valence-corrected chi connectivity index (χ3v) is 6.13.